The Kier molecular flexibility index (Phi) is 5.46. The van der Waals surface area contributed by atoms with Crippen LogP contribution in [0.4, 0.5) is 9.59 Å². The molecule has 0 bridgehead atoms. The molecule has 0 aliphatic rings. The zero-order valence-electron chi connectivity index (χ0n) is 10.7. The van der Waals surface area contributed by atoms with Crippen molar-refractivity contribution in [3.05, 3.63) is 23.8 Å². The molecule has 3 N–H and O–H groups in total. The molecule has 0 radical (unpaired) electrons. The lowest BCUT2D eigenvalue weighted by Crippen LogP contribution is -2.25. The van der Waals surface area contributed by atoms with Crippen LogP contribution in [0, 0.1) is 0 Å². The van der Waals surface area contributed by atoms with Crippen molar-refractivity contribution in [3.8, 4) is 11.5 Å². The van der Waals surface area contributed by atoms with E-state index in [0.717, 1.165) is 5.56 Å². The number of ether oxygens (including phenoxy) is 2. The average Bonchev–Trinajstić information content (AvgIpc) is 2.41. The Morgan fingerprint density at radius 3 is 2.68 bits per heavy atom. The van der Waals surface area contributed by atoms with E-state index in [9.17, 15) is 14.7 Å². The molecule has 0 heterocycles. The fourth-order valence-electron chi connectivity index (χ4n) is 1.33. The quantitative estimate of drug-likeness (QED) is 0.757. The summed E-state index contributed by atoms with van der Waals surface area (Å²) in [6, 6.07) is 4.63. The van der Waals surface area contributed by atoms with Crippen LogP contribution in [0.2, 0.25) is 0 Å². The molecular formula is C12H16N2O5. The topological polar surface area (TPSA) is 96.9 Å². The Balaban J connectivity index is 2.62. The summed E-state index contributed by atoms with van der Waals surface area (Å²) in [5, 5.41) is 14.3. The van der Waals surface area contributed by atoms with Crippen LogP contribution < -0.4 is 15.4 Å². The van der Waals surface area contributed by atoms with Gasteiger partial charge in [0.05, 0.1) is 7.11 Å². The van der Waals surface area contributed by atoms with Gasteiger partial charge in [-0.15, -0.1) is 0 Å². The highest BCUT2D eigenvalue weighted by atomic mass is 16.6. The number of carbonyl (C=O) groups is 2. The van der Waals surface area contributed by atoms with Crippen molar-refractivity contribution in [1.29, 1.82) is 0 Å². The molecule has 0 aliphatic carbocycles. The van der Waals surface area contributed by atoms with Crippen molar-refractivity contribution < 1.29 is 24.2 Å². The molecule has 0 aliphatic heterocycles. The van der Waals surface area contributed by atoms with E-state index in [0.29, 0.717) is 13.0 Å². The first-order chi connectivity index (χ1) is 9.06. The van der Waals surface area contributed by atoms with E-state index in [1.165, 1.54) is 26.3 Å². The Bertz CT molecular complexity index is 461. The third-order valence-corrected chi connectivity index (χ3v) is 2.30. The van der Waals surface area contributed by atoms with E-state index in [-0.39, 0.29) is 11.5 Å². The van der Waals surface area contributed by atoms with Gasteiger partial charge in [-0.2, -0.15) is 0 Å². The maximum atomic E-state index is 11.1. The van der Waals surface area contributed by atoms with Gasteiger partial charge in [-0.25, -0.2) is 9.59 Å². The minimum absolute atomic E-state index is 0.0647. The fourth-order valence-corrected chi connectivity index (χ4v) is 1.33. The molecular weight excluding hydrogens is 252 g/mol. The smallest absolute Gasteiger partial charge is 0.412 e. The molecule has 7 nitrogen and oxygen atoms in total. The first kappa shape index (κ1) is 14.6. The zero-order chi connectivity index (χ0) is 14.3. The predicted molar refractivity (Wildman–Crippen MR) is 67.3 cm³/mol. The number of aromatic hydroxyl groups is 1. The largest absolute Gasteiger partial charge is 0.504 e. The zero-order valence-corrected chi connectivity index (χ0v) is 10.7. The van der Waals surface area contributed by atoms with Gasteiger partial charge in [0.2, 0.25) is 0 Å². The van der Waals surface area contributed by atoms with Crippen molar-refractivity contribution in [2.24, 2.45) is 0 Å². The molecule has 104 valence electrons. The second-order valence-corrected chi connectivity index (χ2v) is 3.61. The maximum Gasteiger partial charge on any atom is 0.412 e. The molecule has 0 fully saturated rings. The first-order valence-corrected chi connectivity index (χ1v) is 5.60. The number of phenolic OH excluding ortho intramolecular Hbond substituents is 1. The molecule has 0 saturated carbocycles. The first-order valence-electron chi connectivity index (χ1n) is 5.60. The number of nitrogens with one attached hydrogen (secondary N) is 2. The van der Waals surface area contributed by atoms with Gasteiger partial charge in [0, 0.05) is 13.6 Å². The van der Waals surface area contributed by atoms with Crippen LogP contribution in [0.1, 0.15) is 5.56 Å². The molecule has 19 heavy (non-hydrogen) atoms. The number of hydrogen-bond donors (Lipinski definition) is 3. The Labute approximate surface area is 110 Å². The second-order valence-electron chi connectivity index (χ2n) is 3.61. The summed E-state index contributed by atoms with van der Waals surface area (Å²) < 4.78 is 9.30. The molecule has 0 spiro atoms. The van der Waals surface area contributed by atoms with E-state index < -0.39 is 12.2 Å². The number of methoxy groups -OCH3 is 1. The highest BCUT2D eigenvalue weighted by molar-refractivity contribution is 5.71. The van der Waals surface area contributed by atoms with Crippen LogP contribution in [0.3, 0.4) is 0 Å². The van der Waals surface area contributed by atoms with Gasteiger partial charge in [0.1, 0.15) is 0 Å². The minimum Gasteiger partial charge on any atom is -0.504 e. The molecule has 1 rings (SSSR count). The van der Waals surface area contributed by atoms with E-state index in [1.54, 1.807) is 6.07 Å². The summed E-state index contributed by atoms with van der Waals surface area (Å²) in [6.45, 7) is 0.372. The van der Waals surface area contributed by atoms with Crippen LogP contribution in [0.5, 0.6) is 11.5 Å². The van der Waals surface area contributed by atoms with Crippen molar-refractivity contribution >= 4 is 12.2 Å². The van der Waals surface area contributed by atoms with E-state index in [2.05, 4.69) is 15.4 Å². The minimum atomic E-state index is -0.667. The number of benzene rings is 1. The van der Waals surface area contributed by atoms with Gasteiger partial charge in [0.25, 0.3) is 0 Å². The van der Waals surface area contributed by atoms with E-state index in [1.807, 2.05) is 0 Å². The summed E-state index contributed by atoms with van der Waals surface area (Å²) in [5.41, 5.74) is 0.799. The third-order valence-electron chi connectivity index (χ3n) is 2.30. The molecule has 1 aromatic carbocycles. The number of carbonyl (C=O) groups excluding carboxylic acids is 2. The second kappa shape index (κ2) is 7.10. The fraction of sp³-hybridized carbons (Fsp3) is 0.333. The van der Waals surface area contributed by atoms with E-state index >= 15 is 0 Å². The number of alkyl carbamates (subject to hydrolysis) is 1. The summed E-state index contributed by atoms with van der Waals surface area (Å²) in [4.78, 5) is 21.9. The SMILES string of the molecule is CNC(=O)Oc1cc(CCNC(=O)OC)ccc1O. The molecule has 7 heteroatoms. The summed E-state index contributed by atoms with van der Waals surface area (Å²) in [5.74, 6) is -0.0665. The van der Waals surface area contributed by atoms with Crippen molar-refractivity contribution in [3.63, 3.8) is 0 Å². The lowest BCUT2D eigenvalue weighted by atomic mass is 10.1. The lowest BCUT2D eigenvalue weighted by molar-refractivity contribution is 0.171. The molecule has 0 aromatic heterocycles. The van der Waals surface area contributed by atoms with Crippen molar-refractivity contribution in [2.75, 3.05) is 20.7 Å². The van der Waals surface area contributed by atoms with Crippen LogP contribution in [0.15, 0.2) is 18.2 Å². The van der Waals surface area contributed by atoms with Crippen molar-refractivity contribution in [2.45, 2.75) is 6.42 Å². The van der Waals surface area contributed by atoms with Crippen LogP contribution in [-0.4, -0.2) is 38.0 Å². The van der Waals surface area contributed by atoms with E-state index in [4.69, 9.17) is 4.74 Å². The highest BCUT2D eigenvalue weighted by Crippen LogP contribution is 2.27. The molecule has 2 amide bonds. The summed E-state index contributed by atoms with van der Waals surface area (Å²) in [7, 11) is 2.70. The number of rotatable bonds is 4. The molecule has 0 unspecified atom stereocenters. The van der Waals surface area contributed by atoms with Gasteiger partial charge in [-0.1, -0.05) is 6.07 Å². The Morgan fingerprint density at radius 1 is 1.32 bits per heavy atom. The lowest BCUT2D eigenvalue weighted by Gasteiger charge is -2.08. The highest BCUT2D eigenvalue weighted by Gasteiger charge is 2.08. The predicted octanol–water partition coefficient (Wildman–Crippen LogP) is 1.01. The standard InChI is InChI=1S/C12H16N2O5/c1-13-11(16)19-10-7-8(3-4-9(10)15)5-6-14-12(17)18-2/h3-4,7,15H,5-6H2,1-2H3,(H,13,16)(H,14,17). The van der Waals surface area contributed by atoms with Crippen molar-refractivity contribution in [1.82, 2.24) is 10.6 Å². The van der Waals surface area contributed by atoms with Crippen LogP contribution >= 0.6 is 0 Å². The molecule has 1 aromatic rings. The monoisotopic (exact) mass is 268 g/mol. The van der Waals surface area contributed by atoms with Gasteiger partial charge < -0.3 is 25.2 Å². The Hall–Kier alpha value is -2.44. The van der Waals surface area contributed by atoms with Gasteiger partial charge in [-0.05, 0) is 24.1 Å². The number of amides is 2. The third kappa shape index (κ3) is 4.74. The molecule has 0 saturated heterocycles. The normalized spacial score (nSPS) is 9.58. The van der Waals surface area contributed by atoms with Gasteiger partial charge >= 0.3 is 12.2 Å². The van der Waals surface area contributed by atoms with Gasteiger partial charge in [-0.3, -0.25) is 0 Å². The van der Waals surface area contributed by atoms with Crippen LogP contribution in [0.25, 0.3) is 0 Å². The Morgan fingerprint density at radius 2 is 2.05 bits per heavy atom. The number of hydrogen-bond acceptors (Lipinski definition) is 5. The summed E-state index contributed by atoms with van der Waals surface area (Å²) in [6.07, 6.45) is -0.666. The average molecular weight is 268 g/mol. The van der Waals surface area contributed by atoms with Gasteiger partial charge in [0.15, 0.2) is 11.5 Å². The molecule has 0 atom stereocenters. The maximum absolute atomic E-state index is 11.1. The number of phenols is 1. The summed E-state index contributed by atoms with van der Waals surface area (Å²) >= 11 is 0. The van der Waals surface area contributed by atoms with Crippen LogP contribution in [-0.2, 0) is 11.2 Å².